The van der Waals surface area contributed by atoms with E-state index in [-0.39, 0.29) is 0 Å². The Balaban J connectivity index is 2.07. The molecule has 0 aliphatic carbocycles. The number of H-pyrrole nitrogens is 1. The van der Waals surface area contributed by atoms with Crippen LogP contribution in [0.15, 0.2) is 36.4 Å². The molecule has 0 bridgehead atoms. The van der Waals surface area contributed by atoms with Crippen LogP contribution in [0.2, 0.25) is 0 Å². The third kappa shape index (κ3) is 2.31. The molecular formula is C13H15N3. The zero-order valence-corrected chi connectivity index (χ0v) is 9.25. The molecule has 1 heterocycles. The number of aromatic nitrogens is 1. The van der Waals surface area contributed by atoms with Gasteiger partial charge >= 0.3 is 0 Å². The second-order valence-corrected chi connectivity index (χ2v) is 3.77. The summed E-state index contributed by atoms with van der Waals surface area (Å²) in [6.07, 6.45) is 1.36. The summed E-state index contributed by atoms with van der Waals surface area (Å²) in [6.45, 7) is 2.75. The second kappa shape index (κ2) is 4.66. The third-order valence-corrected chi connectivity index (χ3v) is 2.45. The fraction of sp³-hybridized carbons (Fsp3) is 0.154. The molecule has 0 fully saturated rings. The second-order valence-electron chi connectivity index (χ2n) is 3.77. The van der Waals surface area contributed by atoms with Gasteiger partial charge in [0.1, 0.15) is 5.82 Å². The molecule has 82 valence electrons. The molecule has 1 aromatic carbocycles. The molecule has 0 aliphatic rings. The Labute approximate surface area is 95.0 Å². The zero-order chi connectivity index (χ0) is 11.4. The van der Waals surface area contributed by atoms with E-state index in [0.717, 1.165) is 23.6 Å². The quantitative estimate of drug-likeness (QED) is 0.672. The first-order valence-electron chi connectivity index (χ1n) is 5.27. The number of aryl methyl sites for hydroxylation is 1. The average molecular weight is 213 g/mol. The van der Waals surface area contributed by atoms with Gasteiger partial charge < -0.3 is 15.7 Å². The van der Waals surface area contributed by atoms with E-state index < -0.39 is 0 Å². The third-order valence-electron chi connectivity index (χ3n) is 2.45. The van der Waals surface area contributed by atoms with Gasteiger partial charge in [0.15, 0.2) is 0 Å². The number of anilines is 1. The Bertz CT molecular complexity index is 471. The van der Waals surface area contributed by atoms with Crippen LogP contribution in [0.4, 0.5) is 5.82 Å². The molecule has 0 amide bonds. The predicted molar refractivity (Wildman–Crippen MR) is 67.2 cm³/mol. The van der Waals surface area contributed by atoms with Gasteiger partial charge in [-0.05, 0) is 18.6 Å². The van der Waals surface area contributed by atoms with E-state index in [2.05, 4.69) is 22.4 Å². The Kier molecular flexibility index (Phi) is 3.05. The van der Waals surface area contributed by atoms with Crippen molar-refractivity contribution in [1.29, 1.82) is 5.41 Å². The zero-order valence-electron chi connectivity index (χ0n) is 9.25. The van der Waals surface area contributed by atoms with Crippen LogP contribution in [0.25, 0.3) is 0 Å². The Morgan fingerprint density at radius 1 is 1.31 bits per heavy atom. The van der Waals surface area contributed by atoms with Gasteiger partial charge in [0.25, 0.3) is 0 Å². The number of hydrogen-bond donors (Lipinski definition) is 3. The highest BCUT2D eigenvalue weighted by atomic mass is 15.0. The Hall–Kier alpha value is -2.03. The van der Waals surface area contributed by atoms with Crippen LogP contribution in [0, 0.1) is 12.3 Å². The van der Waals surface area contributed by atoms with E-state index in [9.17, 15) is 0 Å². The van der Waals surface area contributed by atoms with Crippen LogP contribution in [-0.2, 0) is 6.54 Å². The number of rotatable bonds is 4. The topological polar surface area (TPSA) is 51.7 Å². The number of benzene rings is 1. The molecule has 0 radical (unpaired) electrons. The molecule has 0 aliphatic heterocycles. The van der Waals surface area contributed by atoms with Gasteiger partial charge in [-0.3, -0.25) is 0 Å². The molecule has 16 heavy (non-hydrogen) atoms. The molecule has 2 rings (SSSR count). The minimum atomic E-state index is 0.766. The molecule has 0 atom stereocenters. The lowest BCUT2D eigenvalue weighted by Crippen LogP contribution is -2.01. The van der Waals surface area contributed by atoms with E-state index in [1.165, 1.54) is 11.8 Å². The van der Waals surface area contributed by atoms with Crippen molar-refractivity contribution in [2.24, 2.45) is 0 Å². The van der Waals surface area contributed by atoms with Crippen molar-refractivity contribution in [3.05, 3.63) is 53.2 Å². The maximum absolute atomic E-state index is 7.30. The van der Waals surface area contributed by atoms with E-state index in [4.69, 9.17) is 5.41 Å². The van der Waals surface area contributed by atoms with Gasteiger partial charge in [-0.15, -0.1) is 0 Å². The molecule has 3 heteroatoms. The van der Waals surface area contributed by atoms with Crippen LogP contribution >= 0.6 is 0 Å². The largest absolute Gasteiger partial charge is 0.367 e. The van der Waals surface area contributed by atoms with Crippen LogP contribution in [-0.4, -0.2) is 11.2 Å². The average Bonchev–Trinajstić information content (AvgIpc) is 2.68. The molecule has 2 aromatic rings. The lowest BCUT2D eigenvalue weighted by Gasteiger charge is -2.05. The summed E-state index contributed by atoms with van der Waals surface area (Å²) < 4.78 is 0. The minimum Gasteiger partial charge on any atom is -0.367 e. The SMILES string of the molecule is Cc1cc(C=N)c(NCc2ccccc2)[nH]1. The van der Waals surface area contributed by atoms with Gasteiger partial charge in [0, 0.05) is 24.0 Å². The van der Waals surface area contributed by atoms with Gasteiger partial charge in [-0.1, -0.05) is 30.3 Å². The summed E-state index contributed by atoms with van der Waals surface area (Å²) in [5.41, 5.74) is 3.19. The van der Waals surface area contributed by atoms with Crippen molar-refractivity contribution in [1.82, 2.24) is 4.98 Å². The number of aromatic amines is 1. The smallest absolute Gasteiger partial charge is 0.112 e. The van der Waals surface area contributed by atoms with Gasteiger partial charge in [0.05, 0.1) is 0 Å². The fourth-order valence-electron chi connectivity index (χ4n) is 1.66. The summed E-state index contributed by atoms with van der Waals surface area (Å²) in [7, 11) is 0. The summed E-state index contributed by atoms with van der Waals surface area (Å²) in [4.78, 5) is 3.20. The maximum atomic E-state index is 7.30. The Morgan fingerprint density at radius 3 is 2.75 bits per heavy atom. The van der Waals surface area contributed by atoms with Gasteiger partial charge in [-0.2, -0.15) is 0 Å². The first-order valence-corrected chi connectivity index (χ1v) is 5.27. The predicted octanol–water partition coefficient (Wildman–Crippen LogP) is 2.93. The summed E-state index contributed by atoms with van der Waals surface area (Å²) in [5, 5.41) is 10.6. The normalized spacial score (nSPS) is 10.1. The molecule has 0 saturated carbocycles. The molecule has 0 saturated heterocycles. The standard InChI is InChI=1S/C13H15N3/c1-10-7-12(8-14)13(16-10)15-9-11-5-3-2-4-6-11/h2-8,14-16H,9H2,1H3. The van der Waals surface area contributed by atoms with Crippen molar-refractivity contribution in [2.75, 3.05) is 5.32 Å². The van der Waals surface area contributed by atoms with Crippen LogP contribution in [0.5, 0.6) is 0 Å². The first kappa shape index (κ1) is 10.5. The highest BCUT2D eigenvalue weighted by Gasteiger charge is 2.02. The summed E-state index contributed by atoms with van der Waals surface area (Å²) in [5.74, 6) is 0.913. The van der Waals surface area contributed by atoms with Crippen LogP contribution < -0.4 is 5.32 Å². The van der Waals surface area contributed by atoms with Crippen LogP contribution in [0.3, 0.4) is 0 Å². The van der Waals surface area contributed by atoms with E-state index in [0.29, 0.717) is 0 Å². The lowest BCUT2D eigenvalue weighted by molar-refractivity contribution is 1.11. The van der Waals surface area contributed by atoms with Crippen molar-refractivity contribution in [3.8, 4) is 0 Å². The monoisotopic (exact) mass is 213 g/mol. The number of nitrogens with one attached hydrogen (secondary N) is 3. The molecule has 3 nitrogen and oxygen atoms in total. The lowest BCUT2D eigenvalue weighted by atomic mass is 10.2. The highest BCUT2D eigenvalue weighted by molar-refractivity contribution is 5.84. The minimum absolute atomic E-state index is 0.766. The molecule has 3 N–H and O–H groups in total. The van der Waals surface area contributed by atoms with E-state index in [1.54, 1.807) is 0 Å². The molecule has 0 spiro atoms. The van der Waals surface area contributed by atoms with Crippen molar-refractivity contribution < 1.29 is 0 Å². The Morgan fingerprint density at radius 2 is 2.06 bits per heavy atom. The molecule has 1 aromatic heterocycles. The first-order chi connectivity index (χ1) is 7.79. The van der Waals surface area contributed by atoms with Gasteiger partial charge in [0.2, 0.25) is 0 Å². The van der Waals surface area contributed by atoms with E-state index >= 15 is 0 Å². The van der Waals surface area contributed by atoms with Crippen molar-refractivity contribution in [2.45, 2.75) is 13.5 Å². The summed E-state index contributed by atoms with van der Waals surface area (Å²) >= 11 is 0. The molecule has 0 unspecified atom stereocenters. The highest BCUT2D eigenvalue weighted by Crippen LogP contribution is 2.14. The van der Waals surface area contributed by atoms with Crippen LogP contribution in [0.1, 0.15) is 16.8 Å². The van der Waals surface area contributed by atoms with E-state index in [1.807, 2.05) is 31.2 Å². The number of hydrogen-bond acceptors (Lipinski definition) is 2. The van der Waals surface area contributed by atoms with Crippen molar-refractivity contribution >= 4 is 12.0 Å². The summed E-state index contributed by atoms with van der Waals surface area (Å²) in [6, 6.07) is 12.2. The maximum Gasteiger partial charge on any atom is 0.112 e. The van der Waals surface area contributed by atoms with Crippen molar-refractivity contribution in [3.63, 3.8) is 0 Å². The van der Waals surface area contributed by atoms with Gasteiger partial charge in [-0.25, -0.2) is 0 Å². The fourth-order valence-corrected chi connectivity index (χ4v) is 1.66. The molecular weight excluding hydrogens is 198 g/mol.